The fourth-order valence-electron chi connectivity index (χ4n) is 1.69. The molecule has 80 valence electrons. The van der Waals surface area contributed by atoms with Gasteiger partial charge in [0.25, 0.3) is 0 Å². The van der Waals surface area contributed by atoms with Crippen molar-refractivity contribution in [2.24, 2.45) is 0 Å². The SMILES string of the molecule is Cc1nccn1-c1ccn2nc(N)nc2c1. The summed E-state index contributed by atoms with van der Waals surface area (Å²) in [6.45, 7) is 1.95. The van der Waals surface area contributed by atoms with Gasteiger partial charge < -0.3 is 10.3 Å². The third kappa shape index (κ3) is 1.23. The zero-order valence-corrected chi connectivity index (χ0v) is 8.70. The second-order valence-electron chi connectivity index (χ2n) is 3.50. The number of anilines is 1. The Bertz CT molecular complexity index is 650. The van der Waals surface area contributed by atoms with Gasteiger partial charge in [-0.15, -0.1) is 5.10 Å². The molecule has 0 radical (unpaired) electrons. The van der Waals surface area contributed by atoms with Crippen LogP contribution in [0, 0.1) is 6.92 Å². The molecular weight excluding hydrogens is 204 g/mol. The molecule has 6 heteroatoms. The van der Waals surface area contributed by atoms with Crippen molar-refractivity contribution in [3.63, 3.8) is 0 Å². The van der Waals surface area contributed by atoms with Crippen LogP contribution >= 0.6 is 0 Å². The first-order valence-corrected chi connectivity index (χ1v) is 4.86. The van der Waals surface area contributed by atoms with Crippen LogP contribution in [0.5, 0.6) is 0 Å². The van der Waals surface area contributed by atoms with Crippen molar-refractivity contribution in [3.05, 3.63) is 36.5 Å². The third-order valence-electron chi connectivity index (χ3n) is 2.44. The van der Waals surface area contributed by atoms with Gasteiger partial charge >= 0.3 is 0 Å². The number of rotatable bonds is 1. The first-order valence-electron chi connectivity index (χ1n) is 4.86. The van der Waals surface area contributed by atoms with E-state index in [0.717, 1.165) is 17.2 Å². The van der Waals surface area contributed by atoms with E-state index in [0.29, 0.717) is 0 Å². The normalized spacial score (nSPS) is 11.1. The van der Waals surface area contributed by atoms with Crippen LogP contribution in [0.1, 0.15) is 5.82 Å². The maximum absolute atomic E-state index is 5.53. The molecule has 0 aliphatic heterocycles. The van der Waals surface area contributed by atoms with Gasteiger partial charge in [0.1, 0.15) is 5.82 Å². The van der Waals surface area contributed by atoms with E-state index in [9.17, 15) is 0 Å². The number of hydrogen-bond acceptors (Lipinski definition) is 4. The topological polar surface area (TPSA) is 74.0 Å². The van der Waals surface area contributed by atoms with Gasteiger partial charge in [0.15, 0.2) is 5.65 Å². The zero-order chi connectivity index (χ0) is 11.1. The van der Waals surface area contributed by atoms with Gasteiger partial charge in [-0.3, -0.25) is 0 Å². The molecule has 0 spiro atoms. The van der Waals surface area contributed by atoms with Crippen molar-refractivity contribution in [1.29, 1.82) is 0 Å². The average Bonchev–Trinajstić information content (AvgIpc) is 2.81. The number of nitrogens with two attached hydrogens (primary N) is 1. The van der Waals surface area contributed by atoms with Gasteiger partial charge in [0, 0.05) is 24.7 Å². The van der Waals surface area contributed by atoms with E-state index in [1.165, 1.54) is 0 Å². The molecule has 3 rings (SSSR count). The van der Waals surface area contributed by atoms with Crippen LogP contribution in [-0.2, 0) is 0 Å². The molecule has 0 atom stereocenters. The van der Waals surface area contributed by atoms with Gasteiger partial charge in [-0.1, -0.05) is 0 Å². The smallest absolute Gasteiger partial charge is 0.240 e. The molecule has 0 aliphatic carbocycles. The van der Waals surface area contributed by atoms with Crippen LogP contribution in [-0.4, -0.2) is 24.1 Å². The molecule has 2 N–H and O–H groups in total. The molecule has 0 saturated carbocycles. The lowest BCUT2D eigenvalue weighted by molar-refractivity contribution is 0.937. The number of fused-ring (bicyclic) bond motifs is 1. The van der Waals surface area contributed by atoms with E-state index in [1.54, 1.807) is 10.7 Å². The third-order valence-corrected chi connectivity index (χ3v) is 2.44. The molecule has 0 fully saturated rings. The molecule has 0 unspecified atom stereocenters. The number of aryl methyl sites for hydroxylation is 1. The Morgan fingerprint density at radius 1 is 1.31 bits per heavy atom. The highest BCUT2D eigenvalue weighted by atomic mass is 15.3. The summed E-state index contributed by atoms with van der Waals surface area (Å²) in [5.74, 6) is 1.20. The standard InChI is InChI=1S/C10H10N6/c1-7-12-3-5-15(7)8-2-4-16-9(6-8)13-10(11)14-16/h2-6H,1H3,(H2,11,14). The second-order valence-corrected chi connectivity index (χ2v) is 3.50. The molecular formula is C10H10N6. The summed E-state index contributed by atoms with van der Waals surface area (Å²) < 4.78 is 3.62. The molecule has 16 heavy (non-hydrogen) atoms. The molecule has 0 aliphatic rings. The van der Waals surface area contributed by atoms with Crippen LogP contribution in [0.25, 0.3) is 11.3 Å². The number of nitrogen functional groups attached to an aromatic ring is 1. The van der Waals surface area contributed by atoms with Crippen molar-refractivity contribution in [3.8, 4) is 5.69 Å². The van der Waals surface area contributed by atoms with E-state index >= 15 is 0 Å². The largest absolute Gasteiger partial charge is 0.366 e. The first-order chi connectivity index (χ1) is 7.74. The van der Waals surface area contributed by atoms with Gasteiger partial charge in [-0.25, -0.2) is 9.50 Å². The Morgan fingerprint density at radius 2 is 2.19 bits per heavy atom. The number of nitrogens with zero attached hydrogens (tertiary/aromatic N) is 5. The Labute approximate surface area is 91.4 Å². The summed E-state index contributed by atoms with van der Waals surface area (Å²) in [5, 5.41) is 4.02. The molecule has 6 nitrogen and oxygen atoms in total. The van der Waals surface area contributed by atoms with Crippen molar-refractivity contribution in [1.82, 2.24) is 24.1 Å². The number of hydrogen-bond donors (Lipinski definition) is 1. The highest BCUT2D eigenvalue weighted by molar-refractivity contribution is 5.49. The Balaban J connectivity index is 2.22. The number of imidazole rings is 1. The van der Waals surface area contributed by atoms with E-state index in [4.69, 9.17) is 5.73 Å². The fourth-order valence-corrected chi connectivity index (χ4v) is 1.69. The van der Waals surface area contributed by atoms with Crippen LogP contribution in [0.4, 0.5) is 5.95 Å². The van der Waals surface area contributed by atoms with E-state index in [2.05, 4.69) is 15.1 Å². The molecule has 0 aromatic carbocycles. The fraction of sp³-hybridized carbons (Fsp3) is 0.100. The van der Waals surface area contributed by atoms with Gasteiger partial charge in [0.05, 0.1) is 5.69 Å². The summed E-state index contributed by atoms with van der Waals surface area (Å²) in [6, 6.07) is 3.86. The Hall–Kier alpha value is -2.37. The molecule has 3 aromatic rings. The molecule has 0 bridgehead atoms. The van der Waals surface area contributed by atoms with E-state index < -0.39 is 0 Å². The van der Waals surface area contributed by atoms with Gasteiger partial charge in [-0.2, -0.15) is 4.98 Å². The van der Waals surface area contributed by atoms with Crippen LogP contribution in [0.2, 0.25) is 0 Å². The average molecular weight is 214 g/mol. The summed E-state index contributed by atoms with van der Waals surface area (Å²) in [5.41, 5.74) is 7.25. The molecule has 0 amide bonds. The number of pyridine rings is 1. The highest BCUT2D eigenvalue weighted by Crippen LogP contribution is 2.12. The lowest BCUT2D eigenvalue weighted by atomic mass is 10.4. The maximum Gasteiger partial charge on any atom is 0.240 e. The van der Waals surface area contributed by atoms with Crippen LogP contribution < -0.4 is 5.73 Å². The Kier molecular flexibility index (Phi) is 1.70. The van der Waals surface area contributed by atoms with Crippen molar-refractivity contribution in [2.75, 3.05) is 5.73 Å². The molecule has 3 heterocycles. The van der Waals surface area contributed by atoms with E-state index in [-0.39, 0.29) is 5.95 Å². The van der Waals surface area contributed by atoms with E-state index in [1.807, 2.05) is 36.0 Å². The molecule has 3 aromatic heterocycles. The number of aromatic nitrogens is 5. The predicted octanol–water partition coefficient (Wildman–Crippen LogP) is 0.806. The van der Waals surface area contributed by atoms with Crippen molar-refractivity contribution >= 4 is 11.6 Å². The summed E-state index contributed by atoms with van der Waals surface area (Å²) in [7, 11) is 0. The van der Waals surface area contributed by atoms with Gasteiger partial charge in [0.2, 0.25) is 5.95 Å². The summed E-state index contributed by atoms with van der Waals surface area (Å²) >= 11 is 0. The highest BCUT2D eigenvalue weighted by Gasteiger charge is 2.04. The van der Waals surface area contributed by atoms with Gasteiger partial charge in [-0.05, 0) is 13.0 Å². The zero-order valence-electron chi connectivity index (χ0n) is 8.70. The first kappa shape index (κ1) is 8.90. The quantitative estimate of drug-likeness (QED) is 0.650. The minimum atomic E-state index is 0.277. The van der Waals surface area contributed by atoms with Crippen molar-refractivity contribution in [2.45, 2.75) is 6.92 Å². The monoisotopic (exact) mass is 214 g/mol. The summed E-state index contributed by atoms with van der Waals surface area (Å²) in [4.78, 5) is 8.28. The summed E-state index contributed by atoms with van der Waals surface area (Å²) in [6.07, 6.45) is 5.49. The Morgan fingerprint density at radius 3 is 2.94 bits per heavy atom. The van der Waals surface area contributed by atoms with Crippen LogP contribution in [0.3, 0.4) is 0 Å². The predicted molar refractivity (Wildman–Crippen MR) is 59.3 cm³/mol. The minimum Gasteiger partial charge on any atom is -0.366 e. The molecule has 0 saturated heterocycles. The lowest BCUT2D eigenvalue weighted by Crippen LogP contribution is -1.97. The maximum atomic E-state index is 5.53. The second kappa shape index (κ2) is 3.06. The van der Waals surface area contributed by atoms with Crippen LogP contribution in [0.15, 0.2) is 30.7 Å². The minimum absolute atomic E-state index is 0.277. The lowest BCUT2D eigenvalue weighted by Gasteiger charge is -2.04. The van der Waals surface area contributed by atoms with Crippen molar-refractivity contribution < 1.29 is 0 Å².